The van der Waals surface area contributed by atoms with E-state index in [0.717, 1.165) is 32.1 Å². The van der Waals surface area contributed by atoms with E-state index in [4.69, 9.17) is 9.47 Å². The fraction of sp³-hybridized carbons (Fsp3) is 0.188. The third kappa shape index (κ3) is 3.86. The van der Waals surface area contributed by atoms with Crippen LogP contribution in [0.15, 0.2) is 39.3 Å². The predicted octanol–water partition coefficient (Wildman–Crippen LogP) is 4.92. The second-order valence-corrected chi connectivity index (χ2v) is 6.27. The minimum absolute atomic E-state index is 0.348. The van der Waals surface area contributed by atoms with Crippen molar-refractivity contribution in [3.8, 4) is 11.5 Å². The van der Waals surface area contributed by atoms with Crippen molar-refractivity contribution in [1.82, 2.24) is 0 Å². The molecule has 0 aliphatic carbocycles. The molecule has 2 rings (SSSR count). The van der Waals surface area contributed by atoms with Gasteiger partial charge in [-0.15, -0.1) is 0 Å². The van der Waals surface area contributed by atoms with E-state index in [9.17, 15) is 4.79 Å². The molecule has 3 nitrogen and oxygen atoms in total. The largest absolute Gasteiger partial charge is 0.497 e. The van der Waals surface area contributed by atoms with Gasteiger partial charge in [0.05, 0.1) is 12.7 Å². The number of aldehydes is 1. The highest BCUT2D eigenvalue weighted by Crippen LogP contribution is 2.29. The summed E-state index contributed by atoms with van der Waals surface area (Å²) in [6, 6.07) is 9.35. The zero-order valence-corrected chi connectivity index (χ0v) is 14.8. The number of aryl methyl sites for hydroxylation is 1. The van der Waals surface area contributed by atoms with Gasteiger partial charge in [-0.05, 0) is 42.8 Å². The van der Waals surface area contributed by atoms with E-state index in [1.165, 1.54) is 0 Å². The Bertz CT molecular complexity index is 669. The minimum atomic E-state index is 0.348. The lowest BCUT2D eigenvalue weighted by Gasteiger charge is -2.13. The van der Waals surface area contributed by atoms with E-state index in [2.05, 4.69) is 31.9 Å². The average Bonchev–Trinajstić information content (AvgIpc) is 2.47. The molecular weight excluding hydrogens is 400 g/mol. The van der Waals surface area contributed by atoms with Gasteiger partial charge in [-0.25, -0.2) is 0 Å². The van der Waals surface area contributed by atoms with E-state index < -0.39 is 0 Å². The molecule has 2 aromatic rings. The first-order chi connectivity index (χ1) is 10.0. The van der Waals surface area contributed by atoms with Crippen LogP contribution in [0, 0.1) is 6.92 Å². The van der Waals surface area contributed by atoms with Gasteiger partial charge in [0.1, 0.15) is 18.1 Å². The summed E-state index contributed by atoms with van der Waals surface area (Å²) in [6.07, 6.45) is 0.799. The molecule has 0 amide bonds. The van der Waals surface area contributed by atoms with E-state index in [-0.39, 0.29) is 0 Å². The lowest BCUT2D eigenvalue weighted by Crippen LogP contribution is -2.01. The maximum atomic E-state index is 11.2. The van der Waals surface area contributed by atoms with E-state index in [0.29, 0.717) is 17.9 Å². The summed E-state index contributed by atoms with van der Waals surface area (Å²) in [5, 5.41) is 0. The van der Waals surface area contributed by atoms with Gasteiger partial charge in [0, 0.05) is 14.5 Å². The zero-order valence-electron chi connectivity index (χ0n) is 11.7. The van der Waals surface area contributed by atoms with Crippen molar-refractivity contribution in [2.45, 2.75) is 13.5 Å². The second kappa shape index (κ2) is 7.09. The Morgan fingerprint density at radius 2 is 1.95 bits per heavy atom. The molecule has 0 aliphatic rings. The van der Waals surface area contributed by atoms with Crippen LogP contribution in [0.25, 0.3) is 0 Å². The van der Waals surface area contributed by atoms with Crippen LogP contribution in [0.5, 0.6) is 11.5 Å². The number of carbonyl (C=O) groups is 1. The summed E-state index contributed by atoms with van der Waals surface area (Å²) < 4.78 is 12.8. The maximum absolute atomic E-state index is 11.2. The van der Waals surface area contributed by atoms with Crippen molar-refractivity contribution >= 4 is 38.1 Å². The number of methoxy groups -OCH3 is 1. The van der Waals surface area contributed by atoms with E-state index in [1.54, 1.807) is 13.2 Å². The summed E-state index contributed by atoms with van der Waals surface area (Å²) in [5.41, 5.74) is 2.39. The molecule has 0 bridgehead atoms. The van der Waals surface area contributed by atoms with Crippen molar-refractivity contribution in [2.75, 3.05) is 7.11 Å². The molecule has 0 spiro atoms. The molecular formula is C16H14Br2O3. The van der Waals surface area contributed by atoms with Gasteiger partial charge in [-0.1, -0.05) is 31.9 Å². The van der Waals surface area contributed by atoms with Crippen LogP contribution in [-0.2, 0) is 6.61 Å². The number of hydrogen-bond donors (Lipinski definition) is 0. The SMILES string of the molecule is COc1ccc(Br)c(COc2c(C)cc(Br)cc2C=O)c1. The van der Waals surface area contributed by atoms with Crippen LogP contribution in [0.3, 0.4) is 0 Å². The minimum Gasteiger partial charge on any atom is -0.497 e. The second-order valence-electron chi connectivity index (χ2n) is 4.50. The van der Waals surface area contributed by atoms with Gasteiger partial charge in [-0.3, -0.25) is 4.79 Å². The molecule has 0 fully saturated rings. The van der Waals surface area contributed by atoms with Gasteiger partial charge in [0.25, 0.3) is 0 Å². The zero-order chi connectivity index (χ0) is 15.4. The summed E-state index contributed by atoms with van der Waals surface area (Å²) in [7, 11) is 1.62. The molecule has 110 valence electrons. The molecule has 0 saturated heterocycles. The standard InChI is InChI=1S/C16H14Br2O3/c1-10-5-13(17)6-11(8-19)16(10)21-9-12-7-14(20-2)3-4-15(12)18/h3-8H,9H2,1-2H3. The Balaban J connectivity index is 2.26. The summed E-state index contributed by atoms with van der Waals surface area (Å²) in [6.45, 7) is 2.26. The third-order valence-electron chi connectivity index (χ3n) is 3.02. The first kappa shape index (κ1) is 16.0. The van der Waals surface area contributed by atoms with Gasteiger partial charge >= 0.3 is 0 Å². The van der Waals surface area contributed by atoms with Crippen molar-refractivity contribution < 1.29 is 14.3 Å². The Hall–Kier alpha value is -1.33. The smallest absolute Gasteiger partial charge is 0.153 e. The average molecular weight is 414 g/mol. The normalized spacial score (nSPS) is 10.3. The molecule has 0 aromatic heterocycles. The Labute approximate surface area is 140 Å². The number of hydrogen-bond acceptors (Lipinski definition) is 3. The van der Waals surface area contributed by atoms with Crippen molar-refractivity contribution in [2.24, 2.45) is 0 Å². The molecule has 21 heavy (non-hydrogen) atoms. The van der Waals surface area contributed by atoms with E-state index in [1.807, 2.05) is 31.2 Å². The van der Waals surface area contributed by atoms with Gasteiger partial charge in [0.2, 0.25) is 0 Å². The molecule has 0 unspecified atom stereocenters. The first-order valence-electron chi connectivity index (χ1n) is 6.25. The summed E-state index contributed by atoms with van der Waals surface area (Å²) in [5.74, 6) is 1.36. The van der Waals surface area contributed by atoms with Gasteiger partial charge < -0.3 is 9.47 Å². The topological polar surface area (TPSA) is 35.5 Å². The molecule has 2 aromatic carbocycles. The van der Waals surface area contributed by atoms with Crippen molar-refractivity contribution in [3.63, 3.8) is 0 Å². The highest BCUT2D eigenvalue weighted by atomic mass is 79.9. The van der Waals surface area contributed by atoms with Crippen LogP contribution in [0.2, 0.25) is 0 Å². The van der Waals surface area contributed by atoms with Crippen LogP contribution in [0.4, 0.5) is 0 Å². The molecule has 0 saturated carbocycles. The number of halogens is 2. The van der Waals surface area contributed by atoms with Crippen molar-refractivity contribution in [3.05, 3.63) is 56.0 Å². The monoisotopic (exact) mass is 412 g/mol. The van der Waals surface area contributed by atoms with Crippen LogP contribution < -0.4 is 9.47 Å². The number of carbonyl (C=O) groups excluding carboxylic acids is 1. The number of ether oxygens (including phenoxy) is 2. The molecule has 0 heterocycles. The van der Waals surface area contributed by atoms with Crippen LogP contribution >= 0.6 is 31.9 Å². The van der Waals surface area contributed by atoms with Crippen LogP contribution in [0.1, 0.15) is 21.5 Å². The molecule has 0 aliphatic heterocycles. The molecule has 5 heteroatoms. The summed E-state index contributed by atoms with van der Waals surface area (Å²) in [4.78, 5) is 11.2. The Kier molecular flexibility index (Phi) is 5.42. The third-order valence-corrected chi connectivity index (χ3v) is 4.25. The fourth-order valence-electron chi connectivity index (χ4n) is 1.98. The Morgan fingerprint density at radius 3 is 2.62 bits per heavy atom. The predicted molar refractivity (Wildman–Crippen MR) is 89.3 cm³/mol. The lowest BCUT2D eigenvalue weighted by molar-refractivity contribution is 0.111. The van der Waals surface area contributed by atoms with Gasteiger partial charge in [0.15, 0.2) is 6.29 Å². The number of benzene rings is 2. The molecule has 0 atom stereocenters. The summed E-state index contributed by atoms with van der Waals surface area (Å²) >= 11 is 6.86. The maximum Gasteiger partial charge on any atom is 0.153 e. The van der Waals surface area contributed by atoms with E-state index >= 15 is 0 Å². The highest BCUT2D eigenvalue weighted by Gasteiger charge is 2.10. The fourth-order valence-corrected chi connectivity index (χ4v) is 2.93. The number of rotatable bonds is 5. The Morgan fingerprint density at radius 1 is 1.19 bits per heavy atom. The van der Waals surface area contributed by atoms with Crippen LogP contribution in [-0.4, -0.2) is 13.4 Å². The molecule has 0 N–H and O–H groups in total. The first-order valence-corrected chi connectivity index (χ1v) is 7.84. The lowest BCUT2D eigenvalue weighted by atomic mass is 10.1. The molecule has 0 radical (unpaired) electrons. The van der Waals surface area contributed by atoms with Crippen molar-refractivity contribution in [1.29, 1.82) is 0 Å². The van der Waals surface area contributed by atoms with Gasteiger partial charge in [-0.2, -0.15) is 0 Å². The quantitative estimate of drug-likeness (QED) is 0.652. The highest BCUT2D eigenvalue weighted by molar-refractivity contribution is 9.10.